The average Bonchev–Trinajstić information content (AvgIpc) is 3.36. The fraction of sp³-hybridized carbons (Fsp3) is 0.538. The molecule has 2 atom stereocenters. The number of benzene rings is 2. The van der Waals surface area contributed by atoms with Crippen molar-refractivity contribution >= 4 is 9.84 Å². The number of rotatable bonds is 12. The van der Waals surface area contributed by atoms with Crippen LogP contribution in [0.25, 0.3) is 0 Å². The minimum atomic E-state index is -3.71. The first kappa shape index (κ1) is 27.9. The molecule has 0 aliphatic carbocycles. The minimum Gasteiger partial charge on any atom is -0.504 e. The highest BCUT2D eigenvalue weighted by atomic mass is 32.2. The molecule has 0 amide bonds. The molecule has 2 aromatic rings. The van der Waals surface area contributed by atoms with Gasteiger partial charge in [0.2, 0.25) is 5.75 Å². The Hall–Kier alpha value is -2.69. The van der Waals surface area contributed by atoms with Crippen LogP contribution >= 0.6 is 0 Å². The standard InChI is InChI=1S/C26H37NO8S/c1-7-11-34-25-19(28)13-17(16-24(25)36(29,30)12-10-27(2)3)20-8-9-21(35-20)18-14-22(31-4)26(33-6)23(15-18)32-5/h13-16,20-21,28H,7-12H2,1-6H3/t20-,21-/m0/s1. The van der Waals surface area contributed by atoms with E-state index in [4.69, 9.17) is 23.7 Å². The van der Waals surface area contributed by atoms with Gasteiger partial charge in [0.05, 0.1) is 45.9 Å². The third kappa shape index (κ3) is 6.16. The van der Waals surface area contributed by atoms with Gasteiger partial charge in [0.25, 0.3) is 0 Å². The lowest BCUT2D eigenvalue weighted by Gasteiger charge is -2.20. The zero-order valence-corrected chi connectivity index (χ0v) is 22.7. The summed E-state index contributed by atoms with van der Waals surface area (Å²) in [5.74, 6) is 1.26. The molecule has 0 aromatic heterocycles. The second kappa shape index (κ2) is 12.0. The van der Waals surface area contributed by atoms with Crippen LogP contribution < -0.4 is 18.9 Å². The number of methoxy groups -OCH3 is 3. The summed E-state index contributed by atoms with van der Waals surface area (Å²) in [6, 6.07) is 6.82. The highest BCUT2D eigenvalue weighted by molar-refractivity contribution is 7.91. The largest absolute Gasteiger partial charge is 0.504 e. The van der Waals surface area contributed by atoms with Gasteiger partial charge in [-0.2, -0.15) is 0 Å². The van der Waals surface area contributed by atoms with Gasteiger partial charge in [-0.3, -0.25) is 0 Å². The molecule has 1 aliphatic heterocycles. The maximum atomic E-state index is 13.2. The van der Waals surface area contributed by atoms with Crippen molar-refractivity contribution in [2.45, 2.75) is 43.3 Å². The summed E-state index contributed by atoms with van der Waals surface area (Å²) >= 11 is 0. The maximum absolute atomic E-state index is 13.2. The predicted octanol–water partition coefficient (Wildman–Crippen LogP) is 4.13. The van der Waals surface area contributed by atoms with Crippen molar-refractivity contribution in [3.8, 4) is 28.7 Å². The molecule has 10 heteroatoms. The second-order valence-corrected chi connectivity index (χ2v) is 11.1. The Balaban J connectivity index is 1.94. The molecule has 1 saturated heterocycles. The van der Waals surface area contributed by atoms with E-state index in [9.17, 15) is 13.5 Å². The van der Waals surface area contributed by atoms with E-state index < -0.39 is 15.9 Å². The molecule has 9 nitrogen and oxygen atoms in total. The van der Waals surface area contributed by atoms with Crippen LogP contribution in [0.1, 0.15) is 49.5 Å². The molecule has 0 spiro atoms. The van der Waals surface area contributed by atoms with Crippen LogP contribution in [-0.4, -0.2) is 72.8 Å². The number of sulfone groups is 1. The fourth-order valence-corrected chi connectivity index (χ4v) is 5.79. The van der Waals surface area contributed by atoms with Crippen LogP contribution in [0.15, 0.2) is 29.2 Å². The lowest BCUT2D eigenvalue weighted by molar-refractivity contribution is 0.0435. The first-order valence-electron chi connectivity index (χ1n) is 12.0. The summed E-state index contributed by atoms with van der Waals surface area (Å²) in [5.41, 5.74) is 1.45. The van der Waals surface area contributed by atoms with E-state index in [2.05, 4.69) is 0 Å². The lowest BCUT2D eigenvalue weighted by atomic mass is 10.0. The SMILES string of the molecule is CCCOc1c(O)cc([C@@H]2CC[C@@H](c3cc(OC)c(OC)c(OC)c3)O2)cc1S(=O)(=O)CCN(C)C. The zero-order chi connectivity index (χ0) is 26.5. The molecule has 2 aromatic carbocycles. The van der Waals surface area contributed by atoms with Crippen LogP contribution in [0.3, 0.4) is 0 Å². The van der Waals surface area contributed by atoms with Crippen molar-refractivity contribution < 1.29 is 37.2 Å². The van der Waals surface area contributed by atoms with Gasteiger partial charge in [-0.1, -0.05) is 6.92 Å². The van der Waals surface area contributed by atoms with Crippen LogP contribution in [0, 0.1) is 0 Å². The van der Waals surface area contributed by atoms with Gasteiger partial charge in [0.1, 0.15) is 4.90 Å². The number of nitrogens with zero attached hydrogens (tertiary/aromatic N) is 1. The molecule has 1 aliphatic rings. The fourth-order valence-electron chi connectivity index (χ4n) is 4.20. The van der Waals surface area contributed by atoms with Gasteiger partial charge < -0.3 is 33.7 Å². The van der Waals surface area contributed by atoms with E-state index in [1.54, 1.807) is 32.3 Å². The molecule has 0 unspecified atom stereocenters. The van der Waals surface area contributed by atoms with E-state index in [1.807, 2.05) is 33.2 Å². The van der Waals surface area contributed by atoms with E-state index in [0.717, 1.165) is 5.56 Å². The highest BCUT2D eigenvalue weighted by Gasteiger charge is 2.32. The predicted molar refractivity (Wildman–Crippen MR) is 136 cm³/mol. The molecule has 1 fully saturated rings. The second-order valence-electron chi connectivity index (χ2n) is 8.99. The van der Waals surface area contributed by atoms with E-state index in [1.165, 1.54) is 6.07 Å². The normalized spacial score (nSPS) is 17.9. The molecule has 36 heavy (non-hydrogen) atoms. The smallest absolute Gasteiger partial charge is 0.203 e. The first-order valence-corrected chi connectivity index (χ1v) is 13.6. The Kier molecular flexibility index (Phi) is 9.32. The molecule has 3 rings (SSSR count). The van der Waals surface area contributed by atoms with Crippen molar-refractivity contribution in [3.63, 3.8) is 0 Å². The molecule has 0 saturated carbocycles. The summed E-state index contributed by atoms with van der Waals surface area (Å²) in [4.78, 5) is 1.79. The first-order chi connectivity index (χ1) is 17.1. The highest BCUT2D eigenvalue weighted by Crippen LogP contribution is 2.47. The lowest BCUT2D eigenvalue weighted by Crippen LogP contribution is -2.22. The summed E-state index contributed by atoms with van der Waals surface area (Å²) < 4.78 is 54.8. The molecule has 200 valence electrons. The van der Waals surface area contributed by atoms with E-state index >= 15 is 0 Å². The van der Waals surface area contributed by atoms with Crippen molar-refractivity contribution in [2.24, 2.45) is 0 Å². The van der Waals surface area contributed by atoms with Crippen LogP contribution in [0.4, 0.5) is 0 Å². The summed E-state index contributed by atoms with van der Waals surface area (Å²) in [6.45, 7) is 2.57. The van der Waals surface area contributed by atoms with Crippen LogP contribution in [0.5, 0.6) is 28.7 Å². The van der Waals surface area contributed by atoms with Crippen molar-refractivity contribution in [1.29, 1.82) is 0 Å². The number of phenolic OH excluding ortho intramolecular Hbond substituents is 1. The minimum absolute atomic E-state index is 0.00136. The van der Waals surface area contributed by atoms with Gasteiger partial charge in [-0.25, -0.2) is 8.42 Å². The summed E-state index contributed by atoms with van der Waals surface area (Å²) in [7, 11) is 4.58. The van der Waals surface area contributed by atoms with Gasteiger partial charge in [0, 0.05) is 6.54 Å². The van der Waals surface area contributed by atoms with E-state index in [-0.39, 0.29) is 28.3 Å². The number of phenols is 1. The van der Waals surface area contributed by atoms with E-state index in [0.29, 0.717) is 55.2 Å². The van der Waals surface area contributed by atoms with Crippen molar-refractivity contribution in [1.82, 2.24) is 4.90 Å². The Labute approximate surface area is 213 Å². The topological polar surface area (TPSA) is 104 Å². The Bertz CT molecular complexity index is 1120. The quantitative estimate of drug-likeness (QED) is 0.440. The molecular formula is C26H37NO8S. The third-order valence-corrected chi connectivity index (χ3v) is 7.79. The Morgan fingerprint density at radius 2 is 1.53 bits per heavy atom. The van der Waals surface area contributed by atoms with Gasteiger partial charge in [0.15, 0.2) is 32.8 Å². The zero-order valence-electron chi connectivity index (χ0n) is 21.9. The van der Waals surface area contributed by atoms with Crippen LogP contribution in [0.2, 0.25) is 0 Å². The number of hydrogen-bond donors (Lipinski definition) is 1. The van der Waals surface area contributed by atoms with Crippen molar-refractivity contribution in [2.75, 3.05) is 54.3 Å². The van der Waals surface area contributed by atoms with Gasteiger partial charge in [-0.05, 0) is 68.8 Å². The Morgan fingerprint density at radius 3 is 2.03 bits per heavy atom. The van der Waals surface area contributed by atoms with Crippen LogP contribution in [-0.2, 0) is 14.6 Å². The molecule has 0 radical (unpaired) electrons. The van der Waals surface area contributed by atoms with Crippen molar-refractivity contribution in [3.05, 3.63) is 35.4 Å². The Morgan fingerprint density at radius 1 is 0.944 bits per heavy atom. The third-order valence-electron chi connectivity index (χ3n) is 6.10. The summed E-state index contributed by atoms with van der Waals surface area (Å²) in [6.07, 6.45) is 1.35. The average molecular weight is 524 g/mol. The maximum Gasteiger partial charge on any atom is 0.203 e. The number of aromatic hydroxyl groups is 1. The molecule has 1 heterocycles. The number of hydrogen-bond acceptors (Lipinski definition) is 9. The van der Waals surface area contributed by atoms with Gasteiger partial charge in [-0.15, -0.1) is 0 Å². The molecule has 0 bridgehead atoms. The number of ether oxygens (including phenoxy) is 5. The monoisotopic (exact) mass is 523 g/mol. The molecular weight excluding hydrogens is 486 g/mol. The summed E-state index contributed by atoms with van der Waals surface area (Å²) in [5, 5.41) is 10.8. The van der Waals surface area contributed by atoms with Gasteiger partial charge >= 0.3 is 0 Å². The molecule has 1 N–H and O–H groups in total.